The van der Waals surface area contributed by atoms with Gasteiger partial charge in [-0.25, -0.2) is 0 Å². The molecule has 3 N–H and O–H groups in total. The predicted octanol–water partition coefficient (Wildman–Crippen LogP) is 2.37. The SMILES string of the molecule is C[N+]1(CCCOc2cc(O)ccc2N)CCCCC1. The number of benzene rings is 1. The summed E-state index contributed by atoms with van der Waals surface area (Å²) in [6.45, 7) is 4.38. The van der Waals surface area contributed by atoms with Crippen LogP contribution >= 0.6 is 0 Å². The van der Waals surface area contributed by atoms with Crippen LogP contribution in [0.5, 0.6) is 11.5 Å². The number of piperidine rings is 1. The van der Waals surface area contributed by atoms with E-state index in [1.165, 1.54) is 36.8 Å². The van der Waals surface area contributed by atoms with Crippen LogP contribution < -0.4 is 10.5 Å². The van der Waals surface area contributed by atoms with Gasteiger partial charge < -0.3 is 20.1 Å². The Labute approximate surface area is 115 Å². The largest absolute Gasteiger partial charge is 0.508 e. The molecule has 0 bridgehead atoms. The lowest BCUT2D eigenvalue weighted by Crippen LogP contribution is -2.48. The third-order valence-electron chi connectivity index (χ3n) is 3.99. The van der Waals surface area contributed by atoms with Gasteiger partial charge >= 0.3 is 0 Å². The van der Waals surface area contributed by atoms with Gasteiger partial charge in [0, 0.05) is 12.5 Å². The van der Waals surface area contributed by atoms with E-state index >= 15 is 0 Å². The van der Waals surface area contributed by atoms with Crippen LogP contribution in [-0.4, -0.2) is 42.9 Å². The fourth-order valence-corrected chi connectivity index (χ4v) is 2.78. The van der Waals surface area contributed by atoms with E-state index in [0.717, 1.165) is 13.0 Å². The minimum absolute atomic E-state index is 0.194. The molecule has 1 aliphatic rings. The molecule has 1 aliphatic heterocycles. The first kappa shape index (κ1) is 14.0. The van der Waals surface area contributed by atoms with Crippen molar-refractivity contribution in [2.75, 3.05) is 39.0 Å². The summed E-state index contributed by atoms with van der Waals surface area (Å²) in [4.78, 5) is 0. The highest BCUT2D eigenvalue weighted by atomic mass is 16.5. The van der Waals surface area contributed by atoms with Gasteiger partial charge in [-0.1, -0.05) is 0 Å². The fourth-order valence-electron chi connectivity index (χ4n) is 2.78. The molecule has 4 heteroatoms. The number of hydrogen-bond acceptors (Lipinski definition) is 3. The fraction of sp³-hybridized carbons (Fsp3) is 0.600. The van der Waals surface area contributed by atoms with E-state index in [1.54, 1.807) is 18.2 Å². The Kier molecular flexibility index (Phi) is 4.53. The van der Waals surface area contributed by atoms with Gasteiger partial charge in [-0.3, -0.25) is 0 Å². The van der Waals surface area contributed by atoms with Crippen molar-refractivity contribution in [3.05, 3.63) is 18.2 Å². The number of anilines is 1. The third kappa shape index (κ3) is 4.03. The molecule has 0 aliphatic carbocycles. The van der Waals surface area contributed by atoms with Gasteiger partial charge in [0.05, 0.1) is 39.0 Å². The van der Waals surface area contributed by atoms with E-state index in [0.29, 0.717) is 18.0 Å². The Morgan fingerprint density at radius 2 is 2.00 bits per heavy atom. The molecule has 0 unspecified atom stereocenters. The van der Waals surface area contributed by atoms with Crippen molar-refractivity contribution in [3.8, 4) is 11.5 Å². The molecule has 1 fully saturated rings. The van der Waals surface area contributed by atoms with Crippen molar-refractivity contribution in [1.82, 2.24) is 0 Å². The topological polar surface area (TPSA) is 55.5 Å². The highest BCUT2D eigenvalue weighted by molar-refractivity contribution is 5.55. The van der Waals surface area contributed by atoms with Gasteiger partial charge in [-0.15, -0.1) is 0 Å². The summed E-state index contributed by atoms with van der Waals surface area (Å²) < 4.78 is 6.82. The number of nitrogen functional groups attached to an aromatic ring is 1. The zero-order valence-electron chi connectivity index (χ0n) is 11.8. The summed E-state index contributed by atoms with van der Waals surface area (Å²) >= 11 is 0. The molecule has 1 aromatic carbocycles. The van der Waals surface area contributed by atoms with E-state index in [1.807, 2.05) is 0 Å². The second-order valence-electron chi connectivity index (χ2n) is 5.78. The van der Waals surface area contributed by atoms with Gasteiger partial charge in [0.25, 0.3) is 0 Å². The molecule has 1 heterocycles. The zero-order valence-corrected chi connectivity index (χ0v) is 11.8. The average molecular weight is 265 g/mol. The number of quaternary nitrogens is 1. The van der Waals surface area contributed by atoms with E-state index in [2.05, 4.69) is 7.05 Å². The number of rotatable bonds is 5. The number of aromatic hydroxyl groups is 1. The maximum absolute atomic E-state index is 9.40. The second-order valence-corrected chi connectivity index (χ2v) is 5.78. The maximum Gasteiger partial charge on any atom is 0.145 e. The molecule has 0 radical (unpaired) electrons. The Morgan fingerprint density at radius 1 is 1.26 bits per heavy atom. The molecule has 1 saturated heterocycles. The number of phenolic OH excluding ortho intramolecular Hbond substituents is 1. The van der Waals surface area contributed by atoms with E-state index in [4.69, 9.17) is 10.5 Å². The van der Waals surface area contributed by atoms with Gasteiger partial charge in [0.2, 0.25) is 0 Å². The van der Waals surface area contributed by atoms with Gasteiger partial charge in [0.15, 0.2) is 0 Å². The van der Waals surface area contributed by atoms with E-state index in [9.17, 15) is 5.11 Å². The standard InChI is InChI=1S/C15H24N2O2/c1-17(8-3-2-4-9-17)10-5-11-19-15-12-13(18)6-7-14(15)16/h6-7,12H,2-5,8-11,16H2,1H3/p+1. The molecule has 0 saturated carbocycles. The van der Waals surface area contributed by atoms with Crippen LogP contribution in [0.3, 0.4) is 0 Å². The molecule has 19 heavy (non-hydrogen) atoms. The smallest absolute Gasteiger partial charge is 0.145 e. The first-order valence-corrected chi connectivity index (χ1v) is 7.14. The summed E-state index contributed by atoms with van der Waals surface area (Å²) in [6, 6.07) is 4.82. The van der Waals surface area contributed by atoms with Gasteiger partial charge in [-0.05, 0) is 31.4 Å². The van der Waals surface area contributed by atoms with Crippen molar-refractivity contribution >= 4 is 5.69 Å². The number of hydrogen-bond donors (Lipinski definition) is 2. The van der Waals surface area contributed by atoms with E-state index in [-0.39, 0.29) is 5.75 Å². The monoisotopic (exact) mass is 265 g/mol. The lowest BCUT2D eigenvalue weighted by Gasteiger charge is -2.37. The number of nitrogens with zero attached hydrogens (tertiary/aromatic N) is 1. The molecule has 0 atom stereocenters. The summed E-state index contributed by atoms with van der Waals surface area (Å²) in [5, 5.41) is 9.40. The van der Waals surface area contributed by atoms with Crippen LogP contribution in [0.25, 0.3) is 0 Å². The summed E-state index contributed by atoms with van der Waals surface area (Å²) in [6.07, 6.45) is 5.09. The van der Waals surface area contributed by atoms with Crippen LogP contribution in [0.4, 0.5) is 5.69 Å². The Bertz CT molecular complexity index is 415. The highest BCUT2D eigenvalue weighted by Crippen LogP contribution is 2.26. The average Bonchev–Trinajstić information content (AvgIpc) is 2.39. The summed E-state index contributed by atoms with van der Waals surface area (Å²) in [5.41, 5.74) is 6.38. The van der Waals surface area contributed by atoms with E-state index < -0.39 is 0 Å². The molecular weight excluding hydrogens is 240 g/mol. The number of likely N-dealkylation sites (tertiary alicyclic amines) is 1. The first-order valence-electron chi connectivity index (χ1n) is 7.14. The van der Waals surface area contributed by atoms with Crippen molar-refractivity contribution in [2.45, 2.75) is 25.7 Å². The lowest BCUT2D eigenvalue weighted by molar-refractivity contribution is -0.914. The minimum Gasteiger partial charge on any atom is -0.508 e. The van der Waals surface area contributed by atoms with Crippen LogP contribution in [0.15, 0.2) is 18.2 Å². The molecular formula is C15H25N2O2+. The number of ether oxygens (including phenoxy) is 1. The van der Waals surface area contributed by atoms with Crippen molar-refractivity contribution < 1.29 is 14.3 Å². The molecule has 4 nitrogen and oxygen atoms in total. The summed E-state index contributed by atoms with van der Waals surface area (Å²) in [7, 11) is 2.34. The molecule has 2 rings (SSSR count). The Balaban J connectivity index is 1.75. The molecule has 0 aromatic heterocycles. The third-order valence-corrected chi connectivity index (χ3v) is 3.99. The van der Waals surface area contributed by atoms with Crippen molar-refractivity contribution in [1.29, 1.82) is 0 Å². The zero-order chi connectivity index (χ0) is 13.7. The molecule has 1 aromatic rings. The lowest BCUT2D eigenvalue weighted by atomic mass is 10.1. The quantitative estimate of drug-likeness (QED) is 0.372. The summed E-state index contributed by atoms with van der Waals surface area (Å²) in [5.74, 6) is 0.778. The molecule has 0 spiro atoms. The number of nitrogens with two attached hydrogens (primary N) is 1. The van der Waals surface area contributed by atoms with Crippen LogP contribution in [0.1, 0.15) is 25.7 Å². The van der Waals surface area contributed by atoms with Crippen LogP contribution in [0.2, 0.25) is 0 Å². The van der Waals surface area contributed by atoms with Crippen molar-refractivity contribution in [3.63, 3.8) is 0 Å². The van der Waals surface area contributed by atoms with Gasteiger partial charge in [0.1, 0.15) is 11.5 Å². The molecule has 106 valence electrons. The maximum atomic E-state index is 9.40. The normalized spacial score (nSPS) is 18.2. The number of phenols is 1. The minimum atomic E-state index is 0.194. The van der Waals surface area contributed by atoms with Crippen LogP contribution in [-0.2, 0) is 0 Å². The second kappa shape index (κ2) is 6.15. The Morgan fingerprint density at radius 3 is 2.74 bits per heavy atom. The van der Waals surface area contributed by atoms with Gasteiger partial charge in [-0.2, -0.15) is 0 Å². The first-order chi connectivity index (χ1) is 9.09. The highest BCUT2D eigenvalue weighted by Gasteiger charge is 2.23. The van der Waals surface area contributed by atoms with Crippen LogP contribution in [0, 0.1) is 0 Å². The molecule has 0 amide bonds. The Hall–Kier alpha value is -1.42. The van der Waals surface area contributed by atoms with Crippen molar-refractivity contribution in [2.24, 2.45) is 0 Å². The predicted molar refractivity (Wildman–Crippen MR) is 77.3 cm³/mol.